The smallest absolute Gasteiger partial charge is 0.197 e. The fraction of sp³-hybridized carbons (Fsp3) is 0.0323. The molecular weight excluding hydrogens is 443 g/mol. The topological polar surface area (TPSA) is 15.3 Å². The highest BCUT2D eigenvalue weighted by molar-refractivity contribution is 7.99. The average Bonchev–Trinajstić information content (AvgIpc) is 2.90. The van der Waals surface area contributed by atoms with Gasteiger partial charge < -0.3 is 10.2 Å². The Balaban J connectivity index is 1.46. The van der Waals surface area contributed by atoms with Gasteiger partial charge in [-0.15, -0.1) is 0 Å². The van der Waals surface area contributed by atoms with E-state index in [2.05, 4.69) is 134 Å². The van der Waals surface area contributed by atoms with Gasteiger partial charge in [-0.3, -0.25) is 0 Å². The van der Waals surface area contributed by atoms with E-state index in [4.69, 9.17) is 0 Å². The second-order valence-corrected chi connectivity index (χ2v) is 10.1. The predicted octanol–water partition coefficient (Wildman–Crippen LogP) is 7.31. The van der Waals surface area contributed by atoms with Gasteiger partial charge in [-0.2, -0.15) is 0 Å². The maximum Gasteiger partial charge on any atom is 0.197 e. The van der Waals surface area contributed by atoms with Gasteiger partial charge >= 0.3 is 0 Å². The van der Waals surface area contributed by atoms with Crippen LogP contribution in [0.2, 0.25) is 0 Å². The zero-order valence-corrected chi connectivity index (χ0v) is 20.1. The SMILES string of the molecule is Cc1cc(-c2cccc3c2Nc2ccccc2S3)c2c(c1)N(c1ccccc1)c1ccccc1[B]2. The zero-order valence-electron chi connectivity index (χ0n) is 19.3. The van der Waals surface area contributed by atoms with Crippen molar-refractivity contribution >= 4 is 58.4 Å². The minimum atomic E-state index is 1.17. The van der Waals surface area contributed by atoms with E-state index >= 15 is 0 Å². The quantitative estimate of drug-likeness (QED) is 0.270. The van der Waals surface area contributed by atoms with E-state index in [1.165, 1.54) is 65.8 Å². The molecule has 0 saturated heterocycles. The molecule has 0 aliphatic carbocycles. The number of rotatable bonds is 2. The molecule has 0 bridgehead atoms. The summed E-state index contributed by atoms with van der Waals surface area (Å²) < 4.78 is 0. The molecule has 2 nitrogen and oxygen atoms in total. The molecule has 0 saturated carbocycles. The molecule has 0 fully saturated rings. The lowest BCUT2D eigenvalue weighted by Gasteiger charge is -2.35. The largest absolute Gasteiger partial charge is 0.353 e. The van der Waals surface area contributed by atoms with Gasteiger partial charge in [0.25, 0.3) is 0 Å². The van der Waals surface area contributed by atoms with Crippen LogP contribution < -0.4 is 21.1 Å². The van der Waals surface area contributed by atoms with Crippen LogP contribution in [0.1, 0.15) is 5.56 Å². The molecule has 7 rings (SSSR count). The fourth-order valence-corrected chi connectivity index (χ4v) is 6.20. The Bertz CT molecular complexity index is 1600. The Labute approximate surface area is 210 Å². The first-order valence-corrected chi connectivity index (χ1v) is 12.7. The third-order valence-electron chi connectivity index (χ3n) is 6.72. The van der Waals surface area contributed by atoms with Crippen molar-refractivity contribution in [1.82, 2.24) is 0 Å². The minimum absolute atomic E-state index is 1.17. The van der Waals surface area contributed by atoms with Gasteiger partial charge in [-0.05, 0) is 66.0 Å². The lowest BCUT2D eigenvalue weighted by Crippen LogP contribution is -2.41. The van der Waals surface area contributed by atoms with Crippen LogP contribution in [0.25, 0.3) is 11.1 Å². The number of nitrogens with one attached hydrogen (secondary N) is 1. The summed E-state index contributed by atoms with van der Waals surface area (Å²) in [6, 6.07) is 39.1. The van der Waals surface area contributed by atoms with Gasteiger partial charge in [-0.25, -0.2) is 0 Å². The molecule has 4 heteroatoms. The first-order valence-electron chi connectivity index (χ1n) is 11.9. The van der Waals surface area contributed by atoms with Crippen molar-refractivity contribution in [2.75, 3.05) is 10.2 Å². The third kappa shape index (κ3) is 3.36. The van der Waals surface area contributed by atoms with Crippen LogP contribution in [-0.2, 0) is 0 Å². The molecule has 2 aliphatic rings. The summed E-state index contributed by atoms with van der Waals surface area (Å²) in [5, 5.41) is 3.75. The molecule has 5 aromatic rings. The molecule has 0 amide bonds. The molecule has 35 heavy (non-hydrogen) atoms. The highest BCUT2D eigenvalue weighted by atomic mass is 32.2. The Morgan fingerprint density at radius 2 is 1.46 bits per heavy atom. The highest BCUT2D eigenvalue weighted by Gasteiger charge is 2.28. The molecule has 0 aromatic heterocycles. The summed E-state index contributed by atoms with van der Waals surface area (Å²) in [5.41, 5.74) is 12.1. The summed E-state index contributed by atoms with van der Waals surface area (Å²) in [6.45, 7) is 2.19. The normalized spacial score (nSPS) is 13.0. The predicted molar refractivity (Wildman–Crippen MR) is 150 cm³/mol. The second kappa shape index (κ2) is 8.11. The van der Waals surface area contributed by atoms with Crippen LogP contribution in [0, 0.1) is 6.92 Å². The summed E-state index contributed by atoms with van der Waals surface area (Å²) in [5.74, 6) is 0. The number of hydrogen-bond acceptors (Lipinski definition) is 3. The van der Waals surface area contributed by atoms with Gasteiger partial charge in [0, 0.05) is 32.4 Å². The molecular formula is C31H22BN2S. The van der Waals surface area contributed by atoms with E-state index in [9.17, 15) is 0 Å². The number of benzene rings is 5. The lowest BCUT2D eigenvalue weighted by atomic mass is 9.58. The number of fused-ring (bicyclic) bond motifs is 4. The van der Waals surface area contributed by atoms with Crippen molar-refractivity contribution in [2.24, 2.45) is 0 Å². The Hall–Kier alpha value is -3.89. The molecule has 1 N–H and O–H groups in total. The maximum absolute atomic E-state index is 3.75. The van der Waals surface area contributed by atoms with E-state index in [0.717, 1.165) is 0 Å². The van der Waals surface area contributed by atoms with Gasteiger partial charge in [0.1, 0.15) is 0 Å². The summed E-state index contributed by atoms with van der Waals surface area (Å²) >= 11 is 1.84. The highest BCUT2D eigenvalue weighted by Crippen LogP contribution is 2.48. The average molecular weight is 465 g/mol. The fourth-order valence-electron chi connectivity index (χ4n) is 5.17. The van der Waals surface area contributed by atoms with Crippen LogP contribution in [0.15, 0.2) is 119 Å². The summed E-state index contributed by atoms with van der Waals surface area (Å²) in [7, 11) is 2.35. The second-order valence-electron chi connectivity index (χ2n) is 9.02. The molecule has 2 aliphatic heterocycles. The van der Waals surface area contributed by atoms with Crippen LogP contribution in [0.4, 0.5) is 28.4 Å². The van der Waals surface area contributed by atoms with Crippen molar-refractivity contribution in [1.29, 1.82) is 0 Å². The number of para-hydroxylation sites is 4. The van der Waals surface area contributed by atoms with E-state index in [0.29, 0.717) is 0 Å². The monoisotopic (exact) mass is 465 g/mol. The number of aryl methyl sites for hydroxylation is 1. The lowest BCUT2D eigenvalue weighted by molar-refractivity contribution is 1.28. The van der Waals surface area contributed by atoms with E-state index < -0.39 is 0 Å². The van der Waals surface area contributed by atoms with Crippen LogP contribution in [0.5, 0.6) is 0 Å². The number of nitrogens with zero attached hydrogens (tertiary/aromatic N) is 1. The Kier molecular flexibility index (Phi) is 4.74. The third-order valence-corrected chi connectivity index (χ3v) is 7.85. The minimum Gasteiger partial charge on any atom is -0.353 e. The zero-order chi connectivity index (χ0) is 23.4. The number of anilines is 5. The Morgan fingerprint density at radius 3 is 2.37 bits per heavy atom. The van der Waals surface area contributed by atoms with Crippen molar-refractivity contribution in [2.45, 2.75) is 16.7 Å². The van der Waals surface area contributed by atoms with Crippen molar-refractivity contribution < 1.29 is 0 Å². The molecule has 0 unspecified atom stereocenters. The van der Waals surface area contributed by atoms with Crippen molar-refractivity contribution in [3.05, 3.63) is 115 Å². The molecule has 1 radical (unpaired) electrons. The van der Waals surface area contributed by atoms with Gasteiger partial charge in [0.05, 0.1) is 11.4 Å². The molecule has 2 heterocycles. The van der Waals surface area contributed by atoms with Gasteiger partial charge in [0.2, 0.25) is 0 Å². The molecule has 0 atom stereocenters. The number of hydrogen-bond donors (Lipinski definition) is 1. The molecule has 0 spiro atoms. The Morgan fingerprint density at radius 1 is 0.686 bits per heavy atom. The summed E-state index contributed by atoms with van der Waals surface area (Å²) in [6.07, 6.45) is 0. The van der Waals surface area contributed by atoms with E-state index in [1.807, 2.05) is 11.8 Å². The first kappa shape index (κ1) is 20.5. The van der Waals surface area contributed by atoms with E-state index in [-0.39, 0.29) is 0 Å². The van der Waals surface area contributed by atoms with Crippen LogP contribution in [-0.4, -0.2) is 7.28 Å². The molecule has 165 valence electrons. The van der Waals surface area contributed by atoms with Gasteiger partial charge in [0.15, 0.2) is 7.28 Å². The van der Waals surface area contributed by atoms with Crippen LogP contribution >= 0.6 is 11.8 Å². The first-order chi connectivity index (χ1) is 17.3. The standard InChI is InChI=1S/C31H22BN2S/c1-20-18-23(22-12-9-17-29-31(22)33-25-14-6-8-16-28(25)35-29)30-27(19-20)34(21-10-3-2-4-11-21)26-15-7-5-13-24(26)32-30/h2-19,33H,1H3. The van der Waals surface area contributed by atoms with Crippen molar-refractivity contribution in [3.63, 3.8) is 0 Å². The summed E-state index contributed by atoms with van der Waals surface area (Å²) in [4.78, 5) is 4.92. The van der Waals surface area contributed by atoms with Crippen molar-refractivity contribution in [3.8, 4) is 11.1 Å². The van der Waals surface area contributed by atoms with E-state index in [1.54, 1.807) is 0 Å². The molecule has 5 aromatic carbocycles. The van der Waals surface area contributed by atoms with Crippen LogP contribution in [0.3, 0.4) is 0 Å². The maximum atomic E-state index is 3.75. The van der Waals surface area contributed by atoms with Gasteiger partial charge in [-0.1, -0.05) is 84.0 Å².